The molecule has 0 bridgehead atoms. The maximum Gasteiger partial charge on any atom is 0.408 e. The molecule has 0 saturated heterocycles. The second kappa shape index (κ2) is 16.1. The van der Waals surface area contributed by atoms with Crippen molar-refractivity contribution in [3.63, 3.8) is 0 Å². The van der Waals surface area contributed by atoms with E-state index in [1.54, 1.807) is 37.8 Å². The van der Waals surface area contributed by atoms with Gasteiger partial charge >= 0.3 is 6.09 Å². The van der Waals surface area contributed by atoms with E-state index >= 15 is 0 Å². The van der Waals surface area contributed by atoms with E-state index in [0.717, 1.165) is 32.1 Å². The van der Waals surface area contributed by atoms with E-state index in [1.807, 2.05) is 39.8 Å². The van der Waals surface area contributed by atoms with Crippen molar-refractivity contribution in [1.82, 2.24) is 15.5 Å². The van der Waals surface area contributed by atoms with Crippen LogP contribution >= 0.6 is 0 Å². The van der Waals surface area contributed by atoms with Crippen LogP contribution in [0.3, 0.4) is 0 Å². The average molecular weight is 528 g/mol. The largest absolute Gasteiger partial charge is 0.444 e. The van der Waals surface area contributed by atoms with Crippen LogP contribution in [0.4, 0.5) is 4.79 Å². The zero-order valence-electron chi connectivity index (χ0n) is 24.7. The molecule has 0 radical (unpaired) electrons. The Kier molecular flexibility index (Phi) is 14.0. The molecule has 3 unspecified atom stereocenters. The number of unbranched alkanes of at least 4 members (excludes halogenated alkanes) is 4. The Labute approximate surface area is 230 Å². The highest BCUT2D eigenvalue weighted by molar-refractivity contribution is 5.92. The molecule has 212 valence electrons. The van der Waals surface area contributed by atoms with E-state index in [1.165, 1.54) is 0 Å². The van der Waals surface area contributed by atoms with Crippen LogP contribution in [0, 0.1) is 18.3 Å². The molecule has 0 spiro atoms. The molecule has 1 aromatic rings. The first kappa shape index (κ1) is 33.0. The second-order valence-corrected chi connectivity index (χ2v) is 11.3. The molecule has 7 nitrogen and oxygen atoms in total. The second-order valence-electron chi connectivity index (χ2n) is 11.3. The van der Waals surface area contributed by atoms with Crippen LogP contribution in [0.15, 0.2) is 24.3 Å². The number of nitrogens with one attached hydrogen (secondary N) is 2. The van der Waals surface area contributed by atoms with Crippen LogP contribution in [0.5, 0.6) is 0 Å². The number of nitrogens with zero attached hydrogens (tertiary/aromatic N) is 1. The highest BCUT2D eigenvalue weighted by Crippen LogP contribution is 2.28. The molecule has 3 atom stereocenters. The van der Waals surface area contributed by atoms with E-state index < -0.39 is 23.8 Å². The Balaban J connectivity index is 3.57. The van der Waals surface area contributed by atoms with Crippen LogP contribution in [-0.2, 0) is 14.3 Å². The molecule has 2 N–H and O–H groups in total. The van der Waals surface area contributed by atoms with Gasteiger partial charge < -0.3 is 20.3 Å². The number of alkyl carbamates (subject to hydrolysis) is 1. The Morgan fingerprint density at radius 2 is 1.63 bits per heavy atom. The molecule has 0 aliphatic carbocycles. The molecule has 0 aliphatic heterocycles. The standard InChI is InChI=1S/C31H49N3O4/c1-10-13-14-15-18-21-34(29(36)26(23(6)11-2)33-30(37)38-31(7,8)9)27(28(35)32-22(4)5)25-20-17-16-19-24(25)12-3/h3,16-17,19-20,22-23,26-27H,10-11,13-15,18,21H2,1-2,4-9H3,(H,32,35)(H,33,37). The lowest BCUT2D eigenvalue weighted by atomic mass is 9.93. The first-order valence-corrected chi connectivity index (χ1v) is 14.0. The van der Waals surface area contributed by atoms with Crippen LogP contribution in [0.25, 0.3) is 0 Å². The monoisotopic (exact) mass is 527 g/mol. The fourth-order valence-corrected chi connectivity index (χ4v) is 4.23. The van der Waals surface area contributed by atoms with Crippen molar-refractivity contribution in [2.75, 3.05) is 6.54 Å². The number of hydrogen-bond donors (Lipinski definition) is 2. The Hall–Kier alpha value is -3.01. The lowest BCUT2D eigenvalue weighted by Gasteiger charge is -2.36. The van der Waals surface area contributed by atoms with Crippen LogP contribution < -0.4 is 10.6 Å². The summed E-state index contributed by atoms with van der Waals surface area (Å²) in [4.78, 5) is 42.3. The van der Waals surface area contributed by atoms with Crippen LogP contribution in [0.1, 0.15) is 111 Å². The number of carbonyl (C=O) groups excluding carboxylic acids is 3. The van der Waals surface area contributed by atoms with E-state index in [0.29, 0.717) is 24.1 Å². The summed E-state index contributed by atoms with van der Waals surface area (Å²) < 4.78 is 5.47. The minimum Gasteiger partial charge on any atom is -0.444 e. The maximum absolute atomic E-state index is 14.3. The third-order valence-corrected chi connectivity index (χ3v) is 6.34. The Morgan fingerprint density at radius 3 is 2.18 bits per heavy atom. The highest BCUT2D eigenvalue weighted by atomic mass is 16.6. The number of amides is 3. The molecule has 0 aromatic heterocycles. The van der Waals surface area contributed by atoms with Crippen molar-refractivity contribution in [3.8, 4) is 12.3 Å². The molecule has 0 heterocycles. The fraction of sp³-hybridized carbons (Fsp3) is 0.645. The molecule has 3 amide bonds. The minimum atomic E-state index is -0.935. The van der Waals surface area contributed by atoms with Gasteiger partial charge in [0.1, 0.15) is 17.7 Å². The van der Waals surface area contributed by atoms with Gasteiger partial charge in [-0.2, -0.15) is 0 Å². The third-order valence-electron chi connectivity index (χ3n) is 6.34. The van der Waals surface area contributed by atoms with Gasteiger partial charge in [-0.15, -0.1) is 6.42 Å². The molecule has 0 aliphatic rings. The summed E-state index contributed by atoms with van der Waals surface area (Å²) in [6.45, 7) is 15.5. The molecule has 7 heteroatoms. The fourth-order valence-electron chi connectivity index (χ4n) is 4.23. The smallest absolute Gasteiger partial charge is 0.408 e. The van der Waals surface area contributed by atoms with Crippen LogP contribution in [0.2, 0.25) is 0 Å². The molecule has 38 heavy (non-hydrogen) atoms. The van der Waals surface area contributed by atoms with Gasteiger partial charge in [0.05, 0.1) is 0 Å². The molecule has 0 fully saturated rings. The normalized spacial score (nSPS) is 13.7. The number of terminal acetylenes is 1. The van der Waals surface area contributed by atoms with Crippen molar-refractivity contribution in [2.45, 2.75) is 118 Å². The number of benzene rings is 1. The lowest BCUT2D eigenvalue weighted by molar-refractivity contribution is -0.143. The van der Waals surface area contributed by atoms with Gasteiger partial charge in [0.15, 0.2) is 0 Å². The SMILES string of the molecule is C#Cc1ccccc1C(C(=O)NC(C)C)N(CCCCCCC)C(=O)C(NC(=O)OC(C)(C)C)C(C)CC. The summed E-state index contributed by atoms with van der Waals surface area (Å²) in [7, 11) is 0. The molecule has 1 aromatic carbocycles. The number of carbonyl (C=O) groups is 3. The maximum atomic E-state index is 14.3. The summed E-state index contributed by atoms with van der Waals surface area (Å²) in [6.07, 6.45) is 10.7. The van der Waals surface area contributed by atoms with Crippen molar-refractivity contribution in [2.24, 2.45) is 5.92 Å². The van der Waals surface area contributed by atoms with E-state index in [9.17, 15) is 14.4 Å². The predicted octanol–water partition coefficient (Wildman–Crippen LogP) is 5.97. The van der Waals surface area contributed by atoms with E-state index in [2.05, 4.69) is 23.5 Å². The van der Waals surface area contributed by atoms with Crippen molar-refractivity contribution < 1.29 is 19.1 Å². The van der Waals surface area contributed by atoms with Crippen molar-refractivity contribution >= 4 is 17.9 Å². The minimum absolute atomic E-state index is 0.130. The zero-order valence-corrected chi connectivity index (χ0v) is 24.7. The summed E-state index contributed by atoms with van der Waals surface area (Å²) in [6, 6.07) is 5.29. The summed E-state index contributed by atoms with van der Waals surface area (Å²) in [5.41, 5.74) is 0.438. The van der Waals surface area contributed by atoms with E-state index in [4.69, 9.17) is 11.2 Å². The number of hydrogen-bond acceptors (Lipinski definition) is 4. The number of rotatable bonds is 14. The Bertz CT molecular complexity index is 945. The van der Waals surface area contributed by atoms with Gasteiger partial charge in [0.2, 0.25) is 11.8 Å². The summed E-state index contributed by atoms with van der Waals surface area (Å²) in [5.74, 6) is 1.87. The summed E-state index contributed by atoms with van der Waals surface area (Å²) >= 11 is 0. The van der Waals surface area contributed by atoms with E-state index in [-0.39, 0.29) is 23.8 Å². The van der Waals surface area contributed by atoms with Gasteiger partial charge in [-0.1, -0.05) is 77.0 Å². The van der Waals surface area contributed by atoms with Crippen LogP contribution in [-0.4, -0.2) is 47.0 Å². The summed E-state index contributed by atoms with van der Waals surface area (Å²) in [5, 5.41) is 5.78. The quantitative estimate of drug-likeness (QED) is 0.230. The van der Waals surface area contributed by atoms with Gasteiger partial charge in [-0.05, 0) is 58.6 Å². The lowest BCUT2D eigenvalue weighted by Crippen LogP contribution is -2.55. The molecular weight excluding hydrogens is 478 g/mol. The third kappa shape index (κ3) is 10.8. The Morgan fingerprint density at radius 1 is 1.00 bits per heavy atom. The van der Waals surface area contributed by atoms with Crippen molar-refractivity contribution in [3.05, 3.63) is 35.4 Å². The molecule has 0 saturated carbocycles. The predicted molar refractivity (Wildman–Crippen MR) is 153 cm³/mol. The molecule has 1 rings (SSSR count). The zero-order chi connectivity index (χ0) is 28.9. The first-order chi connectivity index (χ1) is 17.9. The molecular formula is C31H49N3O4. The van der Waals surface area contributed by atoms with Gasteiger partial charge in [-0.3, -0.25) is 9.59 Å². The van der Waals surface area contributed by atoms with Gasteiger partial charge in [0, 0.05) is 18.2 Å². The topological polar surface area (TPSA) is 87.7 Å². The highest BCUT2D eigenvalue weighted by Gasteiger charge is 2.38. The van der Waals surface area contributed by atoms with Crippen molar-refractivity contribution in [1.29, 1.82) is 0 Å². The van der Waals surface area contributed by atoms with Gasteiger partial charge in [-0.25, -0.2) is 4.79 Å². The van der Waals surface area contributed by atoms with Gasteiger partial charge in [0.25, 0.3) is 0 Å². The average Bonchev–Trinajstić information content (AvgIpc) is 2.84. The first-order valence-electron chi connectivity index (χ1n) is 14.0. The number of ether oxygens (including phenoxy) is 1.